The van der Waals surface area contributed by atoms with Gasteiger partial charge in [0, 0.05) is 0 Å². The molecule has 2 amide bonds. The largest absolute Gasteiger partial charge is 0.394 e. The number of rotatable bonds is 2. The van der Waals surface area contributed by atoms with Gasteiger partial charge in [-0.05, 0) is 0 Å². The average Bonchev–Trinajstić information content (AvgIpc) is 2.92. The Morgan fingerprint density at radius 3 is 2.80 bits per heavy atom. The third kappa shape index (κ3) is 2.33. The third-order valence-corrected chi connectivity index (χ3v) is 2.87. The monoisotopic (exact) mass is 286 g/mol. The summed E-state index contributed by atoms with van der Waals surface area (Å²) in [7, 11) is 0. The lowest BCUT2D eigenvalue weighted by molar-refractivity contribution is -0.0506. The van der Waals surface area contributed by atoms with Crippen molar-refractivity contribution in [2.75, 3.05) is 6.61 Å². The van der Waals surface area contributed by atoms with Crippen molar-refractivity contribution < 1.29 is 29.6 Å². The molecule has 0 aromatic rings. The number of primary amides is 1. The minimum absolute atomic E-state index is 0.248. The summed E-state index contributed by atoms with van der Waals surface area (Å²) < 4.78 is 5.23. The molecule has 0 unspecified atom stereocenters. The van der Waals surface area contributed by atoms with Crippen LogP contribution < -0.4 is 5.73 Å². The fourth-order valence-electron chi connectivity index (χ4n) is 1.94. The number of hydrogen-bond donors (Lipinski definition) is 4. The Bertz CT molecular complexity index is 526. The lowest BCUT2D eigenvalue weighted by Gasteiger charge is -2.24. The molecule has 2 aliphatic rings. The van der Waals surface area contributed by atoms with Crippen LogP contribution in [0.25, 0.3) is 0 Å². The van der Waals surface area contributed by atoms with Crippen LogP contribution in [0.5, 0.6) is 0 Å². The standard InChI is InChI=1S/C10H12N4O6/c11-10(19)13-8-4(1-15)12-3-14(8)9-7(18)6(17)5(2-16)20-9/h3,5-7,9,16-18H,2H2,(H2,11,19)/b13-8+/t5-,6-,7-,9-/m1/s1/i15+2. The van der Waals surface area contributed by atoms with Crippen LogP contribution in [-0.4, -0.2) is 75.5 Å². The van der Waals surface area contributed by atoms with E-state index in [0.29, 0.717) is 0 Å². The number of carbonyl (C=O) groups is 1. The number of urea groups is 1. The first-order valence-electron chi connectivity index (χ1n) is 5.58. The first kappa shape index (κ1) is 14.3. The van der Waals surface area contributed by atoms with E-state index in [1.54, 1.807) is 0 Å². The molecule has 1 saturated heterocycles. The van der Waals surface area contributed by atoms with Gasteiger partial charge in [0.25, 0.3) is 0 Å². The van der Waals surface area contributed by atoms with Crippen LogP contribution in [0.3, 0.4) is 0 Å². The van der Waals surface area contributed by atoms with Crippen LogP contribution in [0.4, 0.5) is 4.79 Å². The van der Waals surface area contributed by atoms with Gasteiger partial charge in [-0.3, -0.25) is 4.90 Å². The van der Waals surface area contributed by atoms with Gasteiger partial charge in [-0.2, -0.15) is 4.99 Å². The molecule has 0 spiro atoms. The minimum Gasteiger partial charge on any atom is -0.394 e. The van der Waals surface area contributed by atoms with Gasteiger partial charge in [-0.15, -0.1) is 0 Å². The van der Waals surface area contributed by atoms with Crippen LogP contribution in [0.2, 0.25) is 0 Å². The van der Waals surface area contributed by atoms with Gasteiger partial charge in [0.1, 0.15) is 24.7 Å². The summed E-state index contributed by atoms with van der Waals surface area (Å²) >= 11 is 0. The zero-order valence-corrected chi connectivity index (χ0v) is 10.1. The maximum Gasteiger partial charge on any atom is 0.340 e. The van der Waals surface area contributed by atoms with Gasteiger partial charge in [-0.25, -0.2) is 14.6 Å². The summed E-state index contributed by atoms with van der Waals surface area (Å²) in [6, 6.07) is -1.07. The average molecular weight is 286 g/mol. The number of aliphatic hydroxyl groups excluding tert-OH is 3. The molecule has 0 aromatic heterocycles. The van der Waals surface area contributed by atoms with Crippen LogP contribution in [0.1, 0.15) is 0 Å². The van der Waals surface area contributed by atoms with E-state index >= 15 is 0 Å². The van der Waals surface area contributed by atoms with Crippen molar-refractivity contribution in [2.45, 2.75) is 24.5 Å². The third-order valence-electron chi connectivity index (χ3n) is 2.87. The number of nitrogens with two attached hydrogens (primary N) is 1. The van der Waals surface area contributed by atoms with E-state index in [1.165, 1.54) is 5.94 Å². The molecule has 5 N–H and O–H groups in total. The smallest absolute Gasteiger partial charge is 0.340 e. The fraction of sp³-hybridized carbons (Fsp3) is 0.500. The number of carbonyl (C=O) groups excluding carboxylic acids is 2. The lowest BCUT2D eigenvalue weighted by atomic mass is 10.1. The Labute approximate surface area is 112 Å². The highest BCUT2D eigenvalue weighted by Crippen LogP contribution is 2.26. The number of ether oxygens (including phenoxy) is 1. The van der Waals surface area contributed by atoms with E-state index in [4.69, 9.17) is 15.6 Å². The van der Waals surface area contributed by atoms with Crippen LogP contribution >= 0.6 is 0 Å². The normalized spacial score (nSPS) is 34.9. The molecule has 4 atom stereocenters. The summed E-state index contributed by atoms with van der Waals surface area (Å²) in [5, 5.41) is 28.5. The lowest BCUT2D eigenvalue weighted by Crippen LogP contribution is -2.45. The Morgan fingerprint density at radius 1 is 1.60 bits per heavy atom. The number of amidine groups is 1. The highest BCUT2D eigenvalue weighted by Gasteiger charge is 2.47. The molecular weight excluding hydrogens is 274 g/mol. The summed E-state index contributed by atoms with van der Waals surface area (Å²) in [6.07, 6.45) is -3.83. The van der Waals surface area contributed by atoms with Crippen molar-refractivity contribution >= 4 is 24.1 Å². The Morgan fingerprint density at radius 2 is 2.30 bits per heavy atom. The molecular formula is C10H12N4O6. The predicted molar refractivity (Wildman–Crippen MR) is 64.3 cm³/mol. The number of hydrogen-bond acceptors (Lipinski definition) is 7. The van der Waals surface area contributed by atoms with Gasteiger partial charge in [0.2, 0.25) is 0 Å². The van der Waals surface area contributed by atoms with Gasteiger partial charge in [0.05, 0.1) is 6.61 Å². The molecule has 10 heteroatoms. The molecule has 20 heavy (non-hydrogen) atoms. The molecule has 0 radical (unpaired) electrons. The Hall–Kier alpha value is -2.10. The predicted octanol–water partition coefficient (Wildman–Crippen LogP) is -3.04. The van der Waals surface area contributed by atoms with Crippen LogP contribution in [-0.2, 0) is 9.53 Å². The van der Waals surface area contributed by atoms with Crippen LogP contribution in [0.15, 0.2) is 15.7 Å². The van der Waals surface area contributed by atoms with Crippen LogP contribution in [0, 0.1) is 0 Å². The summed E-state index contributed by atoms with van der Waals surface area (Å²) in [6.45, 7) is -0.515. The highest BCUT2D eigenvalue weighted by atomic mass is 18.1. The second-order valence-electron chi connectivity index (χ2n) is 4.11. The quantitative estimate of drug-likeness (QED) is 0.310. The number of aliphatic imine (C=N–C) groups is 2. The topological polar surface area (TPSA) is 158 Å². The summed E-state index contributed by atoms with van der Waals surface area (Å²) in [5.41, 5.74) is 4.63. The Kier molecular flexibility index (Phi) is 3.93. The van der Waals surface area contributed by atoms with Gasteiger partial charge >= 0.3 is 6.03 Å². The van der Waals surface area contributed by atoms with E-state index in [2.05, 4.69) is 9.98 Å². The number of nitrogens with zero attached hydrogens (tertiary/aromatic N) is 3. The van der Waals surface area contributed by atoms with Gasteiger partial charge in [0.15, 0.2) is 23.7 Å². The molecule has 2 heterocycles. The molecule has 2 rings (SSSR count). The zero-order chi connectivity index (χ0) is 14.9. The molecule has 108 valence electrons. The molecule has 1 fully saturated rings. The summed E-state index contributed by atoms with van der Waals surface area (Å²) in [5.74, 6) is 1.22. The van der Waals surface area contributed by atoms with E-state index < -0.39 is 37.2 Å². The maximum atomic E-state index is 10.9. The maximum absolute atomic E-state index is 10.9. The van der Waals surface area contributed by atoms with E-state index in [-0.39, 0.29) is 11.5 Å². The highest BCUT2D eigenvalue weighted by molar-refractivity contribution is 6.16. The van der Waals surface area contributed by atoms with Crippen molar-refractivity contribution in [3.05, 3.63) is 5.70 Å². The first-order valence-corrected chi connectivity index (χ1v) is 5.58. The minimum atomic E-state index is -1.40. The number of aliphatic hydroxyl groups is 3. The van der Waals surface area contributed by atoms with Crippen molar-refractivity contribution in [1.82, 2.24) is 4.90 Å². The molecule has 0 saturated carbocycles. The van der Waals surface area contributed by atoms with Gasteiger partial charge < -0.3 is 25.8 Å². The van der Waals surface area contributed by atoms with Crippen molar-refractivity contribution in [3.8, 4) is 0 Å². The zero-order valence-electron chi connectivity index (χ0n) is 10.1. The number of amides is 2. The van der Waals surface area contributed by atoms with Gasteiger partial charge in [-0.1, -0.05) is 0 Å². The summed E-state index contributed by atoms with van der Waals surface area (Å²) in [4.78, 5) is 29.7. The molecule has 10 nitrogen and oxygen atoms in total. The van der Waals surface area contributed by atoms with Crippen molar-refractivity contribution in [1.29, 1.82) is 0 Å². The van der Waals surface area contributed by atoms with E-state index in [9.17, 15) is 19.8 Å². The molecule has 0 aliphatic carbocycles. The van der Waals surface area contributed by atoms with Crippen molar-refractivity contribution in [2.24, 2.45) is 15.7 Å². The molecule has 0 aromatic carbocycles. The first-order chi connectivity index (χ1) is 9.49. The second kappa shape index (κ2) is 5.49. The Balaban J connectivity index is 2.31. The van der Waals surface area contributed by atoms with Crippen molar-refractivity contribution in [3.63, 3.8) is 0 Å². The SMILES string of the molecule is NC(=O)/N=C1\C(=C=[18O])N=CN1[C@@H]1O[C@H](CO)[C@@H](O)[C@H]1O. The fourth-order valence-corrected chi connectivity index (χ4v) is 1.94. The molecule has 0 bridgehead atoms. The second-order valence-corrected chi connectivity index (χ2v) is 4.11. The molecule has 2 aliphatic heterocycles. The van der Waals surface area contributed by atoms with E-state index in [1.807, 2.05) is 0 Å². The van der Waals surface area contributed by atoms with E-state index in [0.717, 1.165) is 11.2 Å².